The fourth-order valence-corrected chi connectivity index (χ4v) is 1.94. The Morgan fingerprint density at radius 3 is 2.43 bits per heavy atom. The normalized spacial score (nSPS) is 11.4. The number of anilines is 1. The topological polar surface area (TPSA) is 72.5 Å². The number of hydrogen-bond donors (Lipinski definition) is 1. The maximum Gasteiger partial charge on any atom is 0.265 e. The van der Waals surface area contributed by atoms with Gasteiger partial charge in [-0.25, -0.2) is 0 Å². The van der Waals surface area contributed by atoms with E-state index in [9.17, 15) is 14.4 Å². The number of rotatable bonds is 6. The van der Waals surface area contributed by atoms with Gasteiger partial charge in [0.15, 0.2) is 11.9 Å². The van der Waals surface area contributed by atoms with Gasteiger partial charge in [-0.1, -0.05) is 12.1 Å². The maximum absolute atomic E-state index is 12.1. The van der Waals surface area contributed by atoms with Gasteiger partial charge in [-0.15, -0.1) is 0 Å². The quantitative estimate of drug-likeness (QED) is 0.657. The van der Waals surface area contributed by atoms with Crippen LogP contribution in [0.5, 0.6) is 5.75 Å². The van der Waals surface area contributed by atoms with Crippen molar-refractivity contribution < 1.29 is 19.1 Å². The fourth-order valence-electron chi connectivity index (χ4n) is 1.94. The zero-order valence-electron chi connectivity index (χ0n) is 12.9. The molecule has 23 heavy (non-hydrogen) atoms. The zero-order valence-corrected chi connectivity index (χ0v) is 12.9. The number of Topliss-reactive ketones (excluding diaryl/α,β-unsaturated/α-hetero) is 1. The van der Waals surface area contributed by atoms with Gasteiger partial charge in [-0.3, -0.25) is 14.4 Å². The van der Waals surface area contributed by atoms with Gasteiger partial charge in [0.05, 0.1) is 0 Å². The van der Waals surface area contributed by atoms with Crippen LogP contribution in [0.25, 0.3) is 0 Å². The van der Waals surface area contributed by atoms with Crippen LogP contribution in [-0.4, -0.2) is 24.1 Å². The van der Waals surface area contributed by atoms with Crippen LogP contribution in [0, 0.1) is 0 Å². The highest BCUT2D eigenvalue weighted by atomic mass is 16.5. The van der Waals surface area contributed by atoms with E-state index in [1.54, 1.807) is 55.5 Å². The van der Waals surface area contributed by atoms with Crippen molar-refractivity contribution in [3.8, 4) is 5.75 Å². The molecule has 1 unspecified atom stereocenters. The Morgan fingerprint density at radius 2 is 1.83 bits per heavy atom. The Labute approximate surface area is 134 Å². The molecule has 0 bridgehead atoms. The molecule has 5 heteroatoms. The van der Waals surface area contributed by atoms with Crippen LogP contribution >= 0.6 is 0 Å². The van der Waals surface area contributed by atoms with E-state index in [1.165, 1.54) is 6.92 Å². The van der Waals surface area contributed by atoms with Crippen LogP contribution in [0.3, 0.4) is 0 Å². The summed E-state index contributed by atoms with van der Waals surface area (Å²) in [5.74, 6) is 0.0987. The third-order valence-electron chi connectivity index (χ3n) is 3.23. The summed E-state index contributed by atoms with van der Waals surface area (Å²) in [6.45, 7) is 3.09. The van der Waals surface area contributed by atoms with Gasteiger partial charge in [-0.05, 0) is 50.2 Å². The third-order valence-corrected chi connectivity index (χ3v) is 3.23. The molecular weight excluding hydrogens is 294 g/mol. The molecule has 0 heterocycles. The van der Waals surface area contributed by atoms with Crippen LogP contribution in [-0.2, 0) is 4.79 Å². The van der Waals surface area contributed by atoms with E-state index in [1.807, 2.05) is 0 Å². The maximum atomic E-state index is 12.1. The minimum absolute atomic E-state index is 0.0688. The highest BCUT2D eigenvalue weighted by molar-refractivity contribution is 5.98. The number of aldehydes is 1. The predicted molar refractivity (Wildman–Crippen MR) is 87.0 cm³/mol. The zero-order chi connectivity index (χ0) is 16.8. The molecule has 5 nitrogen and oxygen atoms in total. The Bertz CT molecular complexity index is 722. The van der Waals surface area contributed by atoms with Crippen molar-refractivity contribution in [2.24, 2.45) is 0 Å². The summed E-state index contributed by atoms with van der Waals surface area (Å²) >= 11 is 0. The van der Waals surface area contributed by atoms with E-state index in [0.29, 0.717) is 22.6 Å². The summed E-state index contributed by atoms with van der Waals surface area (Å²) in [7, 11) is 0. The molecule has 0 fully saturated rings. The Hall–Kier alpha value is -2.95. The molecule has 0 aliphatic rings. The van der Waals surface area contributed by atoms with Gasteiger partial charge in [0.1, 0.15) is 12.0 Å². The van der Waals surface area contributed by atoms with Crippen LogP contribution in [0.4, 0.5) is 5.69 Å². The Kier molecular flexibility index (Phi) is 5.25. The van der Waals surface area contributed by atoms with E-state index < -0.39 is 6.10 Å². The van der Waals surface area contributed by atoms with E-state index in [2.05, 4.69) is 5.32 Å². The number of hydrogen-bond acceptors (Lipinski definition) is 4. The van der Waals surface area contributed by atoms with Crippen molar-refractivity contribution >= 4 is 23.7 Å². The van der Waals surface area contributed by atoms with E-state index in [0.717, 1.165) is 6.29 Å². The van der Waals surface area contributed by atoms with Crippen LogP contribution in [0.1, 0.15) is 34.6 Å². The highest BCUT2D eigenvalue weighted by Gasteiger charge is 2.15. The van der Waals surface area contributed by atoms with E-state index in [4.69, 9.17) is 4.74 Å². The van der Waals surface area contributed by atoms with Crippen LogP contribution in [0.15, 0.2) is 48.5 Å². The number of benzene rings is 2. The summed E-state index contributed by atoms with van der Waals surface area (Å²) in [6, 6.07) is 13.2. The van der Waals surface area contributed by atoms with Gasteiger partial charge in [0.25, 0.3) is 5.91 Å². The smallest absolute Gasteiger partial charge is 0.265 e. The average molecular weight is 311 g/mol. The molecule has 1 amide bonds. The summed E-state index contributed by atoms with van der Waals surface area (Å²) in [5.41, 5.74) is 1.60. The molecule has 2 rings (SSSR count). The van der Waals surface area contributed by atoms with E-state index in [-0.39, 0.29) is 11.7 Å². The molecule has 0 saturated carbocycles. The lowest BCUT2D eigenvalue weighted by Crippen LogP contribution is -2.30. The minimum atomic E-state index is -0.724. The molecule has 0 aliphatic carbocycles. The van der Waals surface area contributed by atoms with Gasteiger partial charge in [-0.2, -0.15) is 0 Å². The Balaban J connectivity index is 2.00. The van der Waals surface area contributed by atoms with Gasteiger partial charge in [0.2, 0.25) is 0 Å². The van der Waals surface area contributed by atoms with Crippen molar-refractivity contribution in [1.82, 2.24) is 0 Å². The third kappa shape index (κ3) is 4.51. The second-order valence-corrected chi connectivity index (χ2v) is 5.07. The number of nitrogens with one attached hydrogen (secondary N) is 1. The number of carbonyl (C=O) groups excluding carboxylic acids is 3. The lowest BCUT2D eigenvalue weighted by molar-refractivity contribution is -0.122. The molecule has 0 spiro atoms. The van der Waals surface area contributed by atoms with Gasteiger partial charge >= 0.3 is 0 Å². The minimum Gasteiger partial charge on any atom is -0.481 e. The molecule has 0 radical (unpaired) electrons. The number of carbonyl (C=O) groups is 3. The first-order valence-corrected chi connectivity index (χ1v) is 7.13. The number of amides is 1. The van der Waals surface area contributed by atoms with Gasteiger partial charge < -0.3 is 10.1 Å². The van der Waals surface area contributed by atoms with E-state index >= 15 is 0 Å². The van der Waals surface area contributed by atoms with Gasteiger partial charge in [0, 0.05) is 16.8 Å². The van der Waals surface area contributed by atoms with Crippen molar-refractivity contribution in [1.29, 1.82) is 0 Å². The molecule has 0 saturated heterocycles. The summed E-state index contributed by atoms with van der Waals surface area (Å²) in [6.07, 6.45) is 0.0140. The average Bonchev–Trinajstić information content (AvgIpc) is 2.55. The van der Waals surface area contributed by atoms with Crippen molar-refractivity contribution in [2.45, 2.75) is 20.0 Å². The molecular formula is C18H17NO4. The number of ketones is 1. The first-order valence-electron chi connectivity index (χ1n) is 7.13. The molecule has 2 aromatic rings. The molecule has 1 N–H and O–H groups in total. The fraction of sp³-hybridized carbons (Fsp3) is 0.167. The predicted octanol–water partition coefficient (Wildman–Crippen LogP) is 3.11. The molecule has 1 atom stereocenters. The van der Waals surface area contributed by atoms with Crippen LogP contribution < -0.4 is 10.1 Å². The second-order valence-electron chi connectivity index (χ2n) is 5.07. The van der Waals surface area contributed by atoms with Crippen molar-refractivity contribution in [2.75, 3.05) is 5.32 Å². The number of ether oxygens (including phenoxy) is 1. The van der Waals surface area contributed by atoms with Crippen molar-refractivity contribution in [3.63, 3.8) is 0 Å². The standard InChI is InChI=1S/C18H17NO4/c1-12(21)15-4-3-5-16(10-15)19-18(22)13(2)23-17-8-6-14(11-20)7-9-17/h3-11,13H,1-2H3,(H,19,22). The highest BCUT2D eigenvalue weighted by Crippen LogP contribution is 2.15. The molecule has 2 aromatic carbocycles. The Morgan fingerprint density at radius 1 is 1.13 bits per heavy atom. The second kappa shape index (κ2) is 7.35. The lowest BCUT2D eigenvalue weighted by atomic mass is 10.1. The molecule has 0 aliphatic heterocycles. The molecule has 118 valence electrons. The van der Waals surface area contributed by atoms with Crippen LogP contribution in [0.2, 0.25) is 0 Å². The summed E-state index contributed by atoms with van der Waals surface area (Å²) in [5, 5.41) is 2.71. The van der Waals surface area contributed by atoms with Crippen molar-refractivity contribution in [3.05, 3.63) is 59.7 Å². The summed E-state index contributed by atoms with van der Waals surface area (Å²) < 4.78 is 5.53. The first kappa shape index (κ1) is 16.4. The molecule has 0 aromatic heterocycles. The lowest BCUT2D eigenvalue weighted by Gasteiger charge is -2.15. The monoisotopic (exact) mass is 311 g/mol. The largest absolute Gasteiger partial charge is 0.481 e. The summed E-state index contributed by atoms with van der Waals surface area (Å²) in [4.78, 5) is 34.1. The first-order chi connectivity index (χ1) is 11.0. The SMILES string of the molecule is CC(=O)c1cccc(NC(=O)C(C)Oc2ccc(C=O)cc2)c1.